The first kappa shape index (κ1) is 10.6. The van der Waals surface area contributed by atoms with Crippen LogP contribution in [0.15, 0.2) is 28.2 Å². The van der Waals surface area contributed by atoms with E-state index in [9.17, 15) is 4.79 Å². The van der Waals surface area contributed by atoms with Crippen molar-refractivity contribution in [1.82, 2.24) is 25.6 Å². The van der Waals surface area contributed by atoms with Gasteiger partial charge in [0, 0.05) is 5.38 Å². The van der Waals surface area contributed by atoms with Gasteiger partial charge in [0.05, 0.1) is 6.26 Å². The van der Waals surface area contributed by atoms with E-state index >= 15 is 0 Å². The van der Waals surface area contributed by atoms with Gasteiger partial charge in [0.2, 0.25) is 0 Å². The number of anilines is 1. The lowest BCUT2D eigenvalue weighted by Crippen LogP contribution is -2.14. The molecule has 0 radical (unpaired) electrons. The van der Waals surface area contributed by atoms with Gasteiger partial charge in [-0.2, -0.15) is 5.21 Å². The number of hydrogen-bond acceptors (Lipinski definition) is 7. The van der Waals surface area contributed by atoms with Gasteiger partial charge in [-0.25, -0.2) is 4.98 Å². The Morgan fingerprint density at radius 2 is 2.44 bits per heavy atom. The predicted molar refractivity (Wildman–Crippen MR) is 61.9 cm³/mol. The molecule has 0 saturated heterocycles. The Kier molecular flexibility index (Phi) is 2.57. The van der Waals surface area contributed by atoms with E-state index in [1.54, 1.807) is 23.8 Å². The fourth-order valence-corrected chi connectivity index (χ4v) is 1.99. The summed E-state index contributed by atoms with van der Waals surface area (Å²) >= 11 is 1.36. The summed E-state index contributed by atoms with van der Waals surface area (Å²) in [4.78, 5) is 15.8. The number of nitrogens with zero attached hydrogens (tertiary/aromatic N) is 4. The summed E-state index contributed by atoms with van der Waals surface area (Å²) in [6.07, 6.45) is 1.56. The van der Waals surface area contributed by atoms with Crippen molar-refractivity contribution in [3.05, 3.63) is 29.6 Å². The summed E-state index contributed by atoms with van der Waals surface area (Å²) in [6.45, 7) is 0. The van der Waals surface area contributed by atoms with Crippen LogP contribution in [0.4, 0.5) is 5.82 Å². The van der Waals surface area contributed by atoms with Crippen LogP contribution >= 0.6 is 11.3 Å². The fourth-order valence-electron chi connectivity index (χ4n) is 1.27. The largest absolute Gasteiger partial charge is 0.462 e. The molecule has 0 aliphatic rings. The van der Waals surface area contributed by atoms with Gasteiger partial charge in [-0.1, -0.05) is 0 Å². The number of rotatable bonds is 3. The maximum absolute atomic E-state index is 11.6. The van der Waals surface area contributed by atoms with Crippen molar-refractivity contribution in [2.24, 2.45) is 0 Å². The second kappa shape index (κ2) is 4.37. The zero-order chi connectivity index (χ0) is 12.4. The van der Waals surface area contributed by atoms with Crippen LogP contribution in [-0.2, 0) is 0 Å². The van der Waals surface area contributed by atoms with E-state index < -0.39 is 5.91 Å². The number of aromatic amines is 1. The number of H-pyrrole nitrogens is 1. The normalized spacial score (nSPS) is 10.4. The second-order valence-electron chi connectivity index (χ2n) is 3.20. The molecule has 9 heteroatoms. The SMILES string of the molecule is O=C(Nc1csc(-c2ccco2)n1)c1nn[nH]n1. The summed E-state index contributed by atoms with van der Waals surface area (Å²) < 4.78 is 5.21. The number of furan rings is 1. The minimum absolute atomic E-state index is 0.0393. The third-order valence-electron chi connectivity index (χ3n) is 2.03. The maximum atomic E-state index is 11.6. The Morgan fingerprint density at radius 1 is 1.50 bits per heavy atom. The molecule has 3 aromatic rings. The van der Waals surface area contributed by atoms with Crippen LogP contribution < -0.4 is 5.32 Å². The highest BCUT2D eigenvalue weighted by atomic mass is 32.1. The summed E-state index contributed by atoms with van der Waals surface area (Å²) in [5.41, 5.74) is 0. The number of carbonyl (C=O) groups excluding carboxylic acids is 1. The molecule has 8 nitrogen and oxygen atoms in total. The van der Waals surface area contributed by atoms with Gasteiger partial charge in [0.1, 0.15) is 5.82 Å². The number of hydrogen-bond donors (Lipinski definition) is 2. The Bertz CT molecular complexity index is 644. The van der Waals surface area contributed by atoms with Crippen molar-refractivity contribution >= 4 is 23.1 Å². The lowest BCUT2D eigenvalue weighted by atomic mass is 10.5. The number of amides is 1. The molecule has 0 fully saturated rings. The van der Waals surface area contributed by atoms with E-state index in [-0.39, 0.29) is 5.82 Å². The molecule has 0 unspecified atom stereocenters. The summed E-state index contributed by atoms with van der Waals surface area (Å²) in [6, 6.07) is 3.57. The molecule has 18 heavy (non-hydrogen) atoms. The molecule has 2 N–H and O–H groups in total. The van der Waals surface area contributed by atoms with Crippen LogP contribution in [0, 0.1) is 0 Å². The minimum Gasteiger partial charge on any atom is -0.462 e. The Morgan fingerprint density at radius 3 is 3.17 bits per heavy atom. The maximum Gasteiger partial charge on any atom is 0.298 e. The first-order chi connectivity index (χ1) is 8.83. The van der Waals surface area contributed by atoms with Crippen molar-refractivity contribution in [2.75, 3.05) is 5.32 Å². The van der Waals surface area contributed by atoms with E-state index in [0.29, 0.717) is 16.6 Å². The molecule has 0 saturated carbocycles. The molecule has 1 amide bonds. The molecular weight excluding hydrogens is 256 g/mol. The number of nitrogens with one attached hydrogen (secondary N) is 2. The van der Waals surface area contributed by atoms with Crippen molar-refractivity contribution in [3.8, 4) is 10.8 Å². The van der Waals surface area contributed by atoms with Crippen LogP contribution in [0.2, 0.25) is 0 Å². The molecule has 0 aliphatic heterocycles. The average Bonchev–Trinajstić information content (AvgIpc) is 3.12. The van der Waals surface area contributed by atoms with Crippen LogP contribution in [0.3, 0.4) is 0 Å². The Hall–Kier alpha value is -2.55. The second-order valence-corrected chi connectivity index (χ2v) is 4.06. The molecule has 90 valence electrons. The van der Waals surface area contributed by atoms with E-state index in [2.05, 4.69) is 30.9 Å². The first-order valence-electron chi connectivity index (χ1n) is 4.87. The Balaban J connectivity index is 1.76. The summed E-state index contributed by atoms with van der Waals surface area (Å²) in [7, 11) is 0. The number of thiazole rings is 1. The van der Waals surface area contributed by atoms with E-state index in [1.807, 2.05) is 0 Å². The lowest BCUT2D eigenvalue weighted by Gasteiger charge is -1.95. The van der Waals surface area contributed by atoms with Crippen molar-refractivity contribution in [1.29, 1.82) is 0 Å². The average molecular weight is 262 g/mol. The van der Waals surface area contributed by atoms with Gasteiger partial charge in [0.25, 0.3) is 11.7 Å². The standard InChI is InChI=1S/C9H6N6O2S/c16-8(7-12-14-15-13-7)10-6-4-18-9(11-6)5-2-1-3-17-5/h1-4H,(H,10,16)(H,12,13,14,15). The molecule has 0 spiro atoms. The van der Waals surface area contributed by atoms with E-state index in [0.717, 1.165) is 0 Å². The smallest absolute Gasteiger partial charge is 0.298 e. The third-order valence-corrected chi connectivity index (χ3v) is 2.88. The van der Waals surface area contributed by atoms with Crippen molar-refractivity contribution in [3.63, 3.8) is 0 Å². The highest BCUT2D eigenvalue weighted by Crippen LogP contribution is 2.26. The molecule has 3 heterocycles. The molecule has 3 rings (SSSR count). The van der Waals surface area contributed by atoms with Gasteiger partial charge >= 0.3 is 0 Å². The molecule has 0 bridgehead atoms. The summed E-state index contributed by atoms with van der Waals surface area (Å²) in [5.74, 6) is 0.559. The van der Waals surface area contributed by atoms with E-state index in [1.165, 1.54) is 11.3 Å². The van der Waals surface area contributed by atoms with Gasteiger partial charge in [-0.05, 0) is 17.3 Å². The minimum atomic E-state index is -0.472. The monoisotopic (exact) mass is 262 g/mol. The van der Waals surface area contributed by atoms with Crippen LogP contribution in [0.5, 0.6) is 0 Å². The van der Waals surface area contributed by atoms with Crippen molar-refractivity contribution < 1.29 is 9.21 Å². The van der Waals surface area contributed by atoms with Gasteiger partial charge in [-0.15, -0.1) is 21.5 Å². The predicted octanol–water partition coefficient (Wildman–Crippen LogP) is 1.17. The molecule has 0 aliphatic carbocycles. The topological polar surface area (TPSA) is 110 Å². The zero-order valence-corrected chi connectivity index (χ0v) is 9.64. The Labute approximate surface area is 104 Å². The van der Waals surface area contributed by atoms with Crippen LogP contribution in [0.1, 0.15) is 10.6 Å². The quantitative estimate of drug-likeness (QED) is 0.733. The van der Waals surface area contributed by atoms with Gasteiger partial charge in [-0.3, -0.25) is 4.79 Å². The fraction of sp³-hybridized carbons (Fsp3) is 0. The van der Waals surface area contributed by atoms with Crippen molar-refractivity contribution in [2.45, 2.75) is 0 Å². The molecule has 0 atom stereocenters. The highest BCUT2D eigenvalue weighted by molar-refractivity contribution is 7.13. The zero-order valence-electron chi connectivity index (χ0n) is 8.82. The van der Waals surface area contributed by atoms with Gasteiger partial charge < -0.3 is 9.73 Å². The van der Waals surface area contributed by atoms with E-state index in [4.69, 9.17) is 4.42 Å². The molecular formula is C9H6N6O2S. The van der Waals surface area contributed by atoms with Crippen LogP contribution in [-0.4, -0.2) is 31.5 Å². The number of tetrazole rings is 1. The lowest BCUT2D eigenvalue weighted by molar-refractivity contribution is 0.101. The molecule has 0 aromatic carbocycles. The van der Waals surface area contributed by atoms with Gasteiger partial charge in [0.15, 0.2) is 10.8 Å². The molecule has 3 aromatic heterocycles. The number of carbonyl (C=O) groups is 1. The number of aromatic nitrogens is 5. The highest BCUT2D eigenvalue weighted by Gasteiger charge is 2.13. The third kappa shape index (κ3) is 1.98. The first-order valence-corrected chi connectivity index (χ1v) is 5.75. The summed E-state index contributed by atoms with van der Waals surface area (Å²) in [5, 5.41) is 17.6. The van der Waals surface area contributed by atoms with Crippen LogP contribution in [0.25, 0.3) is 10.8 Å².